The summed E-state index contributed by atoms with van der Waals surface area (Å²) in [4.78, 5) is 55.8. The Hall–Kier alpha value is -2.88. The Morgan fingerprint density at radius 3 is 2.18 bits per heavy atom. The van der Waals surface area contributed by atoms with E-state index in [1.165, 1.54) is 33.0 Å². The van der Waals surface area contributed by atoms with Gasteiger partial charge in [-0.1, -0.05) is 41.1 Å². The van der Waals surface area contributed by atoms with Gasteiger partial charge in [-0.3, -0.25) is 19.2 Å². The second-order valence-corrected chi connectivity index (χ2v) is 11.9. The molecule has 2 unspecified atom stereocenters. The SMILES string of the molecule is BC1C(=O)N(B)C(=O)C(N2Cc3cc(C(B)(B)N(B)C(=O)C(F)(F)c4ccc(Cl)cc4)ccc3C2=O)C1(B)B. The molecule has 0 aromatic heterocycles. The molecule has 0 radical (unpaired) electrons. The molecule has 0 saturated carbocycles. The van der Waals surface area contributed by atoms with Crippen LogP contribution in [0.4, 0.5) is 8.78 Å². The average Bonchev–Trinajstić information content (AvgIpc) is 3.20. The van der Waals surface area contributed by atoms with Crippen LogP contribution >= 0.6 is 11.6 Å². The normalized spacial score (nSPS) is 21.2. The van der Waals surface area contributed by atoms with Crippen LogP contribution in [0.1, 0.15) is 27.0 Å². The van der Waals surface area contributed by atoms with Gasteiger partial charge in [0.1, 0.15) is 45.3 Å². The van der Waals surface area contributed by atoms with Crippen molar-refractivity contribution in [2.24, 2.45) is 0 Å². The molecule has 1 saturated heterocycles. The number of hydrogen-bond acceptors (Lipinski definition) is 4. The summed E-state index contributed by atoms with van der Waals surface area (Å²) in [5.41, 5.74) is 1.10. The van der Waals surface area contributed by atoms with Crippen molar-refractivity contribution < 1.29 is 28.0 Å². The smallest absolute Gasteiger partial charge is 0.348 e. The van der Waals surface area contributed by atoms with E-state index in [9.17, 15) is 19.2 Å². The number of carbonyl (C=O) groups is 4. The van der Waals surface area contributed by atoms with E-state index in [0.29, 0.717) is 16.7 Å². The lowest BCUT2D eigenvalue weighted by atomic mass is 9.38. The van der Waals surface area contributed by atoms with Crippen molar-refractivity contribution in [1.29, 1.82) is 0 Å². The summed E-state index contributed by atoms with van der Waals surface area (Å²) in [6.07, 6.45) is 0. The van der Waals surface area contributed by atoms with Crippen molar-refractivity contribution >= 4 is 90.4 Å². The topological polar surface area (TPSA) is 78.0 Å². The summed E-state index contributed by atoms with van der Waals surface area (Å²) in [6.45, 7) is 0.116. The van der Waals surface area contributed by atoms with Crippen molar-refractivity contribution in [3.05, 3.63) is 69.7 Å². The maximum Gasteiger partial charge on any atom is 0.348 e. The summed E-state index contributed by atoms with van der Waals surface area (Å²) in [5.74, 6) is -6.73. The minimum absolute atomic E-state index is 0.116. The molecular formula is C22H25B7ClF2N3O4. The fraction of sp³-hybridized carbons (Fsp3) is 0.273. The zero-order valence-corrected chi connectivity index (χ0v) is 23.8. The summed E-state index contributed by atoms with van der Waals surface area (Å²) in [6, 6.07) is 8.95. The van der Waals surface area contributed by atoms with Crippen LogP contribution in [0, 0.1) is 0 Å². The lowest BCUT2D eigenvalue weighted by Gasteiger charge is -2.49. The Morgan fingerprint density at radius 2 is 1.59 bits per heavy atom. The molecule has 194 valence electrons. The molecule has 1 fully saturated rings. The molecule has 2 aliphatic rings. The quantitative estimate of drug-likeness (QED) is 0.284. The largest absolute Gasteiger partial charge is 0.393 e. The number of carbonyl (C=O) groups excluding carboxylic acids is 4. The van der Waals surface area contributed by atoms with E-state index in [2.05, 4.69) is 0 Å². The van der Waals surface area contributed by atoms with Crippen molar-refractivity contribution in [1.82, 2.24) is 14.5 Å². The third-order valence-electron chi connectivity index (χ3n) is 8.66. The number of amides is 4. The number of imide groups is 1. The Morgan fingerprint density at radius 1 is 1.03 bits per heavy atom. The first-order chi connectivity index (χ1) is 17.9. The highest BCUT2D eigenvalue weighted by molar-refractivity contribution is 6.52. The average molecular weight is 545 g/mol. The highest BCUT2D eigenvalue weighted by Crippen LogP contribution is 2.45. The molecule has 2 aromatic rings. The Labute approximate surface area is 237 Å². The number of fused-ring (bicyclic) bond motifs is 1. The predicted octanol–water partition coefficient (Wildman–Crippen LogP) is -4.07. The van der Waals surface area contributed by atoms with E-state index in [1.807, 2.05) is 0 Å². The molecule has 0 aliphatic carbocycles. The van der Waals surface area contributed by atoms with Gasteiger partial charge in [0.05, 0.1) is 0 Å². The van der Waals surface area contributed by atoms with Crippen LogP contribution in [0.25, 0.3) is 0 Å². The number of rotatable bonds is 5. The minimum Gasteiger partial charge on any atom is -0.393 e. The molecule has 4 rings (SSSR count). The van der Waals surface area contributed by atoms with Gasteiger partial charge in [-0.15, -0.1) is 0 Å². The number of piperidine rings is 1. The van der Waals surface area contributed by atoms with Gasteiger partial charge in [0.2, 0.25) is 27.8 Å². The monoisotopic (exact) mass is 545 g/mol. The number of benzene rings is 2. The highest BCUT2D eigenvalue weighted by atomic mass is 35.5. The molecular weight excluding hydrogens is 519 g/mol. The van der Waals surface area contributed by atoms with Crippen molar-refractivity contribution in [2.75, 3.05) is 0 Å². The second kappa shape index (κ2) is 9.64. The van der Waals surface area contributed by atoms with Crippen LogP contribution in [0.5, 0.6) is 0 Å². The fourth-order valence-corrected chi connectivity index (χ4v) is 5.49. The third kappa shape index (κ3) is 4.54. The Bertz CT molecular complexity index is 1400. The molecule has 0 spiro atoms. The number of alkyl halides is 2. The molecule has 0 N–H and O–H groups in total. The van der Waals surface area contributed by atoms with Crippen LogP contribution in [0.15, 0.2) is 42.5 Å². The summed E-state index contributed by atoms with van der Waals surface area (Å²) < 4.78 is 30.3. The van der Waals surface area contributed by atoms with Crippen LogP contribution in [0.2, 0.25) is 16.1 Å². The van der Waals surface area contributed by atoms with Crippen molar-refractivity contribution in [2.45, 2.75) is 34.9 Å². The molecule has 2 aromatic carbocycles. The number of hydrogen-bond donors (Lipinski definition) is 0. The lowest BCUT2D eigenvalue weighted by Crippen LogP contribution is -2.63. The lowest BCUT2D eigenvalue weighted by molar-refractivity contribution is -0.155. The van der Waals surface area contributed by atoms with Gasteiger partial charge in [0.25, 0.3) is 11.8 Å². The zero-order valence-electron chi connectivity index (χ0n) is 23.0. The molecule has 0 bridgehead atoms. The van der Waals surface area contributed by atoms with E-state index in [4.69, 9.17) is 11.6 Å². The van der Waals surface area contributed by atoms with Crippen LogP contribution < -0.4 is 0 Å². The highest BCUT2D eigenvalue weighted by Gasteiger charge is 2.54. The van der Waals surface area contributed by atoms with Gasteiger partial charge in [0.15, 0.2) is 0 Å². The molecule has 4 amide bonds. The molecule has 39 heavy (non-hydrogen) atoms. The second-order valence-electron chi connectivity index (χ2n) is 11.5. The number of halogens is 3. The van der Waals surface area contributed by atoms with Crippen LogP contribution in [-0.4, -0.2) is 99.4 Å². The molecule has 2 atom stereocenters. The van der Waals surface area contributed by atoms with Crippen molar-refractivity contribution in [3.63, 3.8) is 0 Å². The zero-order chi connectivity index (χ0) is 29.2. The fourth-order valence-electron chi connectivity index (χ4n) is 5.36. The van der Waals surface area contributed by atoms with Gasteiger partial charge in [0, 0.05) is 28.5 Å². The first-order valence-corrected chi connectivity index (χ1v) is 13.0. The third-order valence-corrected chi connectivity index (χ3v) is 8.91. The minimum atomic E-state index is -3.78. The number of nitrogens with zero attached hydrogens (tertiary/aromatic N) is 3. The molecule has 7 nitrogen and oxygen atoms in total. The first-order valence-electron chi connectivity index (χ1n) is 12.6. The van der Waals surface area contributed by atoms with E-state index < -0.39 is 45.7 Å². The standard InChI is InChI=1S/C22H25B7ClF2N3O4/c23-14-17(37)34(28)18(38)15(20(14,24)25)33-8-9-7-11(3-6-13(9)16(33)36)22(26,27)35(29)19(39)21(31,32)10-1-4-12(30)5-2-10/h1-7,14-15H,8,23-29H2. The van der Waals surface area contributed by atoms with E-state index in [0.717, 1.165) is 21.8 Å². The van der Waals surface area contributed by atoms with Crippen molar-refractivity contribution in [3.8, 4) is 0 Å². The van der Waals surface area contributed by atoms with Gasteiger partial charge < -0.3 is 14.5 Å². The summed E-state index contributed by atoms with van der Waals surface area (Å²) >= 11 is 5.81. The van der Waals surface area contributed by atoms with Gasteiger partial charge >= 0.3 is 5.92 Å². The van der Waals surface area contributed by atoms with Gasteiger partial charge in [-0.2, -0.15) is 8.78 Å². The maximum atomic E-state index is 15.2. The van der Waals surface area contributed by atoms with Crippen LogP contribution in [0.3, 0.4) is 0 Å². The summed E-state index contributed by atoms with van der Waals surface area (Å²) in [7, 11) is 11.4. The summed E-state index contributed by atoms with van der Waals surface area (Å²) in [5, 5.41) is -1.69. The Kier molecular flexibility index (Phi) is 7.20. The molecule has 2 aliphatic heterocycles. The van der Waals surface area contributed by atoms with E-state index in [1.54, 1.807) is 57.4 Å². The molecule has 17 heteroatoms. The Balaban J connectivity index is 1.63. The van der Waals surface area contributed by atoms with E-state index >= 15 is 8.78 Å². The first kappa shape index (κ1) is 29.1. The van der Waals surface area contributed by atoms with Gasteiger partial charge in [-0.05, 0) is 34.7 Å². The maximum absolute atomic E-state index is 15.2. The molecule has 2 heterocycles. The van der Waals surface area contributed by atoms with Crippen LogP contribution in [-0.2, 0) is 32.2 Å². The van der Waals surface area contributed by atoms with Gasteiger partial charge in [-0.25, -0.2) is 0 Å². The predicted molar refractivity (Wildman–Crippen MR) is 162 cm³/mol. The van der Waals surface area contributed by atoms with E-state index in [-0.39, 0.29) is 23.4 Å².